The summed E-state index contributed by atoms with van der Waals surface area (Å²) >= 11 is 0. The van der Waals surface area contributed by atoms with E-state index in [0.29, 0.717) is 13.2 Å². The van der Waals surface area contributed by atoms with Gasteiger partial charge in [0, 0.05) is 12.1 Å². The molecule has 0 amide bonds. The van der Waals surface area contributed by atoms with E-state index in [1.54, 1.807) is 0 Å². The van der Waals surface area contributed by atoms with Crippen LogP contribution in [0.3, 0.4) is 0 Å². The second-order valence-electron chi connectivity index (χ2n) is 8.73. The van der Waals surface area contributed by atoms with Crippen molar-refractivity contribution in [3.63, 3.8) is 0 Å². The predicted octanol–water partition coefficient (Wildman–Crippen LogP) is 4.18. The number of hydrogen-bond donors (Lipinski definition) is 2. The van der Waals surface area contributed by atoms with Gasteiger partial charge in [0.1, 0.15) is 25.4 Å². The second kappa shape index (κ2) is 11.4. The zero-order valence-electron chi connectivity index (χ0n) is 19.2. The Morgan fingerprint density at radius 3 is 1.50 bits per heavy atom. The van der Waals surface area contributed by atoms with Crippen molar-refractivity contribution < 1.29 is 18.9 Å². The smallest absolute Gasteiger partial charge is 0.161 e. The number of ether oxygens (including phenoxy) is 4. The molecule has 4 atom stereocenters. The van der Waals surface area contributed by atoms with Crippen LogP contribution in [0.1, 0.15) is 39.5 Å². The number of benzene rings is 2. The molecule has 174 valence electrons. The summed E-state index contributed by atoms with van der Waals surface area (Å²) in [6.07, 6.45) is 4.87. The average Bonchev–Trinajstić information content (AvgIpc) is 2.84. The maximum atomic E-state index is 6.08. The molecule has 6 nitrogen and oxygen atoms in total. The third-order valence-corrected chi connectivity index (χ3v) is 6.21. The Hall–Kier alpha value is -2.44. The number of hydrogen-bond acceptors (Lipinski definition) is 6. The van der Waals surface area contributed by atoms with Gasteiger partial charge in [-0.3, -0.25) is 0 Å². The van der Waals surface area contributed by atoms with Crippen molar-refractivity contribution in [3.8, 4) is 23.0 Å². The molecular formula is C26H36N2O4. The lowest BCUT2D eigenvalue weighted by atomic mass is 10.1. The third-order valence-electron chi connectivity index (χ3n) is 6.21. The molecule has 2 N–H and O–H groups in total. The molecule has 2 aliphatic rings. The Labute approximate surface area is 191 Å². The molecule has 0 saturated heterocycles. The first-order chi connectivity index (χ1) is 15.7. The van der Waals surface area contributed by atoms with E-state index >= 15 is 0 Å². The minimum absolute atomic E-state index is 0.0496. The highest BCUT2D eigenvalue weighted by molar-refractivity contribution is 5.41. The molecule has 0 aromatic heterocycles. The van der Waals surface area contributed by atoms with Gasteiger partial charge in [-0.1, -0.05) is 37.1 Å². The summed E-state index contributed by atoms with van der Waals surface area (Å²) in [6.45, 7) is 7.52. The van der Waals surface area contributed by atoms with Crippen LogP contribution in [-0.4, -0.2) is 50.6 Å². The van der Waals surface area contributed by atoms with Crippen LogP contribution in [0.4, 0.5) is 0 Å². The number of rotatable bonds is 11. The fraction of sp³-hybridized carbons (Fsp3) is 0.538. The number of para-hydroxylation sites is 4. The first-order valence-electron chi connectivity index (χ1n) is 11.9. The predicted molar refractivity (Wildman–Crippen MR) is 126 cm³/mol. The van der Waals surface area contributed by atoms with Crippen molar-refractivity contribution in [2.24, 2.45) is 0 Å². The maximum absolute atomic E-state index is 6.08. The van der Waals surface area contributed by atoms with Gasteiger partial charge in [0.15, 0.2) is 23.0 Å². The van der Waals surface area contributed by atoms with Gasteiger partial charge >= 0.3 is 0 Å². The summed E-state index contributed by atoms with van der Waals surface area (Å²) in [5.74, 6) is 3.36. The van der Waals surface area contributed by atoms with Crippen LogP contribution in [0.15, 0.2) is 48.5 Å². The van der Waals surface area contributed by atoms with Gasteiger partial charge in [-0.2, -0.15) is 0 Å². The molecule has 2 aromatic rings. The van der Waals surface area contributed by atoms with E-state index in [0.717, 1.165) is 36.1 Å². The zero-order chi connectivity index (χ0) is 22.2. The summed E-state index contributed by atoms with van der Waals surface area (Å²) in [5, 5.41) is 7.18. The Morgan fingerprint density at radius 2 is 1.06 bits per heavy atom. The van der Waals surface area contributed by atoms with Gasteiger partial charge in [-0.25, -0.2) is 0 Å². The Morgan fingerprint density at radius 1 is 0.656 bits per heavy atom. The summed E-state index contributed by atoms with van der Waals surface area (Å²) in [7, 11) is 0. The molecule has 0 unspecified atom stereocenters. The number of unbranched alkanes of at least 4 members (excludes halogenated alkanes) is 3. The highest BCUT2D eigenvalue weighted by atomic mass is 16.6. The fourth-order valence-electron chi connectivity index (χ4n) is 4.09. The lowest BCUT2D eigenvalue weighted by Gasteiger charge is -2.31. The quantitative estimate of drug-likeness (QED) is 0.511. The van der Waals surface area contributed by atoms with Crippen LogP contribution >= 0.6 is 0 Å². The summed E-state index contributed by atoms with van der Waals surface area (Å²) in [5.41, 5.74) is 0. The van der Waals surface area contributed by atoms with E-state index < -0.39 is 0 Å². The molecule has 0 spiro atoms. The van der Waals surface area contributed by atoms with Gasteiger partial charge in [-0.05, 0) is 64.0 Å². The average molecular weight is 441 g/mol. The number of fused-ring (bicyclic) bond motifs is 2. The Kier molecular flexibility index (Phi) is 8.13. The fourth-order valence-corrected chi connectivity index (χ4v) is 4.09. The third kappa shape index (κ3) is 6.08. The molecule has 0 saturated carbocycles. The van der Waals surface area contributed by atoms with Gasteiger partial charge in [0.2, 0.25) is 0 Å². The normalized spacial score (nSPS) is 21.1. The van der Waals surface area contributed by atoms with Crippen molar-refractivity contribution in [2.75, 3.05) is 26.3 Å². The van der Waals surface area contributed by atoms with E-state index in [9.17, 15) is 0 Å². The van der Waals surface area contributed by atoms with Crippen LogP contribution in [0.5, 0.6) is 23.0 Å². The van der Waals surface area contributed by atoms with Crippen molar-refractivity contribution in [1.82, 2.24) is 10.6 Å². The van der Waals surface area contributed by atoms with Crippen LogP contribution in [0, 0.1) is 0 Å². The molecule has 2 aliphatic heterocycles. The van der Waals surface area contributed by atoms with Crippen molar-refractivity contribution in [1.29, 1.82) is 0 Å². The van der Waals surface area contributed by atoms with E-state index in [-0.39, 0.29) is 24.3 Å². The van der Waals surface area contributed by atoms with Gasteiger partial charge in [-0.15, -0.1) is 0 Å². The minimum Gasteiger partial charge on any atom is -0.486 e. The molecule has 0 aliphatic carbocycles. The lowest BCUT2D eigenvalue weighted by molar-refractivity contribution is 0.0664. The lowest BCUT2D eigenvalue weighted by Crippen LogP contribution is -2.46. The second-order valence-corrected chi connectivity index (χ2v) is 8.73. The van der Waals surface area contributed by atoms with Crippen LogP contribution in [-0.2, 0) is 0 Å². The van der Waals surface area contributed by atoms with Gasteiger partial charge in [0.05, 0.1) is 0 Å². The van der Waals surface area contributed by atoms with Crippen molar-refractivity contribution >= 4 is 0 Å². The van der Waals surface area contributed by atoms with Crippen molar-refractivity contribution in [3.05, 3.63) is 48.5 Å². The Balaban J connectivity index is 1.03. The van der Waals surface area contributed by atoms with Gasteiger partial charge < -0.3 is 29.6 Å². The van der Waals surface area contributed by atoms with E-state index in [1.165, 1.54) is 25.7 Å². The highest BCUT2D eigenvalue weighted by Gasteiger charge is 2.26. The summed E-state index contributed by atoms with van der Waals surface area (Å²) in [4.78, 5) is 0. The zero-order valence-corrected chi connectivity index (χ0v) is 19.2. The Bertz CT molecular complexity index is 777. The first-order valence-corrected chi connectivity index (χ1v) is 11.9. The van der Waals surface area contributed by atoms with E-state index in [2.05, 4.69) is 24.5 Å². The SMILES string of the molecule is C[C@@H](NCCCCCCN[C@H](C)[C@@H]1COc2ccccc2O1)[C@@H]1COc2ccccc2O1. The van der Waals surface area contributed by atoms with Crippen LogP contribution in [0.2, 0.25) is 0 Å². The molecule has 0 bridgehead atoms. The van der Waals surface area contributed by atoms with E-state index in [1.807, 2.05) is 48.5 Å². The van der Waals surface area contributed by atoms with Crippen molar-refractivity contribution in [2.45, 2.75) is 63.8 Å². The molecule has 0 fully saturated rings. The highest BCUT2D eigenvalue weighted by Crippen LogP contribution is 2.32. The topological polar surface area (TPSA) is 61.0 Å². The first kappa shape index (κ1) is 22.7. The molecule has 6 heteroatoms. The summed E-state index contributed by atoms with van der Waals surface area (Å²) < 4.78 is 23.8. The monoisotopic (exact) mass is 440 g/mol. The number of nitrogens with one attached hydrogen (secondary N) is 2. The standard InChI is InChI=1S/C26H36N2O4/c1-19(25-17-29-21-11-5-7-13-23(21)31-25)27-15-9-3-4-10-16-28-20(2)26-18-30-22-12-6-8-14-24(22)32-26/h5-8,11-14,19-20,25-28H,3-4,9-10,15-18H2,1-2H3/t19-,20-,25+,26+/m1/s1. The molecule has 2 heterocycles. The molecule has 4 rings (SSSR count). The van der Waals surface area contributed by atoms with Crippen LogP contribution in [0.25, 0.3) is 0 Å². The largest absolute Gasteiger partial charge is 0.486 e. The molecule has 0 radical (unpaired) electrons. The van der Waals surface area contributed by atoms with Gasteiger partial charge in [0.25, 0.3) is 0 Å². The minimum atomic E-state index is 0.0496. The van der Waals surface area contributed by atoms with E-state index in [4.69, 9.17) is 18.9 Å². The maximum Gasteiger partial charge on any atom is 0.161 e. The summed E-state index contributed by atoms with van der Waals surface area (Å²) in [6, 6.07) is 16.3. The molecule has 2 aromatic carbocycles. The molecular weight excluding hydrogens is 404 g/mol. The van der Waals surface area contributed by atoms with Crippen LogP contribution < -0.4 is 29.6 Å². The molecule has 32 heavy (non-hydrogen) atoms.